The average molecular weight is 518 g/mol. The number of ether oxygens (including phenoxy) is 2. The smallest absolute Gasteiger partial charge is 0.410 e. The number of carbonyl (C=O) groups excluding carboxylic acids is 1. The van der Waals surface area contributed by atoms with Crippen molar-refractivity contribution in [1.82, 2.24) is 4.90 Å². The van der Waals surface area contributed by atoms with Crippen LogP contribution in [0.15, 0.2) is 84.9 Å². The van der Waals surface area contributed by atoms with Gasteiger partial charge in [-0.25, -0.2) is 4.79 Å². The Morgan fingerprint density at radius 2 is 1.46 bits per heavy atom. The van der Waals surface area contributed by atoms with Crippen LogP contribution in [0, 0.1) is 0 Å². The molecule has 0 bridgehead atoms. The number of cyclic esters (lactones) is 1. The van der Waals surface area contributed by atoms with Crippen molar-refractivity contribution in [1.29, 1.82) is 0 Å². The molecule has 5 nitrogen and oxygen atoms in total. The number of carbonyl (C=O) groups is 1. The highest BCUT2D eigenvalue weighted by Gasteiger charge is 2.51. The van der Waals surface area contributed by atoms with Crippen molar-refractivity contribution in [2.45, 2.75) is 70.9 Å². The Balaban J connectivity index is 1.55. The summed E-state index contributed by atoms with van der Waals surface area (Å²) in [6.07, 6.45) is 0.0219. The lowest BCUT2D eigenvalue weighted by Gasteiger charge is -2.45. The standard InChI is InChI=1S/C31H39NO4Si/c1-23(21-29-24(2)32(30(33)35-29)22-25-17-19-26(34-6)20-18-25)36-37(31(3,4)5,27-13-9-7-10-14-27)28-15-11-8-12-16-28/h7-20,23-24,29H,21-22H2,1-6H3/t23?,24-,29-/m0/s1. The van der Waals surface area contributed by atoms with Crippen LogP contribution in [-0.4, -0.2) is 44.7 Å². The molecule has 0 spiro atoms. The van der Waals surface area contributed by atoms with E-state index >= 15 is 0 Å². The fraction of sp³-hybridized carbons (Fsp3) is 0.387. The van der Waals surface area contributed by atoms with E-state index in [1.54, 1.807) is 7.11 Å². The second kappa shape index (κ2) is 11.1. The van der Waals surface area contributed by atoms with Gasteiger partial charge < -0.3 is 13.9 Å². The number of hydrogen-bond donors (Lipinski definition) is 0. The number of rotatable bonds is 9. The van der Waals surface area contributed by atoms with Crippen LogP contribution in [0.4, 0.5) is 4.79 Å². The van der Waals surface area contributed by atoms with Crippen LogP contribution in [0.25, 0.3) is 0 Å². The van der Waals surface area contributed by atoms with Gasteiger partial charge in [0.15, 0.2) is 0 Å². The predicted octanol–water partition coefficient (Wildman–Crippen LogP) is 5.76. The Morgan fingerprint density at radius 3 is 1.95 bits per heavy atom. The normalized spacial score (nSPS) is 19.0. The van der Waals surface area contributed by atoms with Crippen LogP contribution < -0.4 is 15.1 Å². The molecule has 1 aliphatic rings. The Morgan fingerprint density at radius 1 is 0.919 bits per heavy atom. The van der Waals surface area contributed by atoms with E-state index in [1.807, 2.05) is 29.2 Å². The van der Waals surface area contributed by atoms with Gasteiger partial charge in [0.2, 0.25) is 0 Å². The number of amides is 1. The first-order valence-electron chi connectivity index (χ1n) is 13.0. The third-order valence-corrected chi connectivity index (χ3v) is 12.5. The summed E-state index contributed by atoms with van der Waals surface area (Å²) >= 11 is 0. The monoisotopic (exact) mass is 517 g/mol. The van der Waals surface area contributed by atoms with Crippen molar-refractivity contribution in [2.24, 2.45) is 0 Å². The molecule has 1 aliphatic heterocycles. The first kappa shape index (κ1) is 27.0. The fourth-order valence-corrected chi connectivity index (χ4v) is 10.1. The van der Waals surface area contributed by atoms with E-state index in [1.165, 1.54) is 10.4 Å². The molecule has 1 unspecified atom stereocenters. The molecule has 3 aromatic carbocycles. The zero-order valence-electron chi connectivity index (χ0n) is 22.8. The minimum atomic E-state index is -2.68. The minimum absolute atomic E-state index is 0.0557. The first-order chi connectivity index (χ1) is 17.7. The molecule has 0 aliphatic carbocycles. The maximum atomic E-state index is 12.8. The predicted molar refractivity (Wildman–Crippen MR) is 151 cm³/mol. The molecular weight excluding hydrogens is 478 g/mol. The van der Waals surface area contributed by atoms with Crippen LogP contribution >= 0.6 is 0 Å². The summed E-state index contributed by atoms with van der Waals surface area (Å²) in [6.45, 7) is 11.5. The zero-order chi connectivity index (χ0) is 26.6. The summed E-state index contributed by atoms with van der Waals surface area (Å²) in [7, 11) is -1.03. The minimum Gasteiger partial charge on any atom is -0.497 e. The molecule has 1 amide bonds. The lowest BCUT2D eigenvalue weighted by Crippen LogP contribution is -2.67. The van der Waals surface area contributed by atoms with E-state index in [2.05, 4.69) is 95.3 Å². The van der Waals surface area contributed by atoms with Gasteiger partial charge in [0, 0.05) is 19.1 Å². The number of hydrogen-bond acceptors (Lipinski definition) is 4. The van der Waals surface area contributed by atoms with Crippen LogP contribution in [-0.2, 0) is 15.7 Å². The third kappa shape index (κ3) is 5.60. The van der Waals surface area contributed by atoms with Gasteiger partial charge in [-0.2, -0.15) is 0 Å². The van der Waals surface area contributed by atoms with Crippen LogP contribution in [0.3, 0.4) is 0 Å². The van der Waals surface area contributed by atoms with Gasteiger partial charge in [0.25, 0.3) is 8.32 Å². The second-order valence-corrected chi connectivity index (χ2v) is 15.2. The molecule has 37 heavy (non-hydrogen) atoms. The Kier molecular flexibility index (Phi) is 8.10. The summed E-state index contributed by atoms with van der Waals surface area (Å²) in [4.78, 5) is 14.6. The summed E-state index contributed by atoms with van der Waals surface area (Å²) in [5.74, 6) is 0.799. The Hall–Kier alpha value is -3.09. The topological polar surface area (TPSA) is 48.0 Å². The molecule has 0 radical (unpaired) electrons. The SMILES string of the molecule is COc1ccc(CN2C(=O)O[C@@H](CC(C)O[Si](c3ccccc3)(c3ccccc3)C(C)(C)C)[C@@H]2C)cc1. The van der Waals surface area contributed by atoms with Gasteiger partial charge in [-0.05, 0) is 47.0 Å². The van der Waals surface area contributed by atoms with Crippen molar-refractivity contribution in [3.63, 3.8) is 0 Å². The molecule has 1 fully saturated rings. The molecular formula is C31H39NO4Si. The molecule has 1 saturated heterocycles. The van der Waals surface area contributed by atoms with E-state index in [0.29, 0.717) is 13.0 Å². The lowest BCUT2D eigenvalue weighted by atomic mass is 10.1. The number of nitrogens with zero attached hydrogens (tertiary/aromatic N) is 1. The van der Waals surface area contributed by atoms with Crippen molar-refractivity contribution >= 4 is 24.8 Å². The summed E-state index contributed by atoms with van der Waals surface area (Å²) < 4.78 is 18.4. The zero-order valence-corrected chi connectivity index (χ0v) is 23.8. The quantitative estimate of drug-likeness (QED) is 0.339. The van der Waals surface area contributed by atoms with Crippen molar-refractivity contribution in [3.05, 3.63) is 90.5 Å². The molecule has 0 N–H and O–H groups in total. The molecule has 1 heterocycles. The molecule has 0 aromatic heterocycles. The molecule has 196 valence electrons. The maximum Gasteiger partial charge on any atom is 0.410 e. The maximum absolute atomic E-state index is 12.8. The van der Waals surface area contributed by atoms with E-state index in [0.717, 1.165) is 11.3 Å². The second-order valence-electron chi connectivity index (χ2n) is 11.0. The van der Waals surface area contributed by atoms with Gasteiger partial charge in [0.05, 0.1) is 13.2 Å². The van der Waals surface area contributed by atoms with Crippen molar-refractivity contribution in [3.8, 4) is 5.75 Å². The van der Waals surface area contributed by atoms with Gasteiger partial charge >= 0.3 is 6.09 Å². The van der Waals surface area contributed by atoms with Gasteiger partial charge in [0.1, 0.15) is 11.9 Å². The van der Waals surface area contributed by atoms with E-state index in [4.69, 9.17) is 13.9 Å². The highest BCUT2D eigenvalue weighted by molar-refractivity contribution is 6.99. The van der Waals surface area contributed by atoms with Gasteiger partial charge in [-0.15, -0.1) is 0 Å². The van der Waals surface area contributed by atoms with Gasteiger partial charge in [-0.3, -0.25) is 4.90 Å². The van der Waals surface area contributed by atoms with E-state index in [9.17, 15) is 4.79 Å². The van der Waals surface area contributed by atoms with Crippen molar-refractivity contribution < 1.29 is 18.7 Å². The molecule has 3 atom stereocenters. The molecule has 3 aromatic rings. The summed E-state index contributed by atoms with van der Waals surface area (Å²) in [6, 6.07) is 29.0. The molecule has 4 rings (SSSR count). The Labute approximate surface area is 222 Å². The van der Waals surface area contributed by atoms with E-state index in [-0.39, 0.29) is 29.4 Å². The third-order valence-electron chi connectivity index (χ3n) is 7.39. The van der Waals surface area contributed by atoms with Crippen LogP contribution in [0.2, 0.25) is 5.04 Å². The lowest BCUT2D eigenvalue weighted by molar-refractivity contribution is 0.0890. The summed E-state index contributed by atoms with van der Waals surface area (Å²) in [5, 5.41) is 2.39. The largest absolute Gasteiger partial charge is 0.497 e. The molecule has 6 heteroatoms. The number of benzene rings is 3. The average Bonchev–Trinajstić information content (AvgIpc) is 3.15. The highest BCUT2D eigenvalue weighted by atomic mass is 28.4. The highest BCUT2D eigenvalue weighted by Crippen LogP contribution is 2.38. The number of methoxy groups -OCH3 is 1. The fourth-order valence-electron chi connectivity index (χ4n) is 5.41. The van der Waals surface area contributed by atoms with Crippen molar-refractivity contribution in [2.75, 3.05) is 7.11 Å². The van der Waals surface area contributed by atoms with Crippen LogP contribution in [0.1, 0.15) is 46.6 Å². The van der Waals surface area contributed by atoms with E-state index < -0.39 is 8.32 Å². The molecule has 0 saturated carbocycles. The van der Waals surface area contributed by atoms with Gasteiger partial charge in [-0.1, -0.05) is 93.6 Å². The van der Waals surface area contributed by atoms with Crippen LogP contribution in [0.5, 0.6) is 5.75 Å². The Bertz CT molecular complexity index is 1120. The summed E-state index contributed by atoms with van der Waals surface area (Å²) in [5.41, 5.74) is 1.04. The first-order valence-corrected chi connectivity index (χ1v) is 15.0.